The van der Waals surface area contributed by atoms with E-state index in [0.717, 1.165) is 19.1 Å². The Morgan fingerprint density at radius 2 is 1.73 bits per heavy atom. The van der Waals surface area contributed by atoms with Crippen LogP contribution in [0.5, 0.6) is 0 Å². The Hall–Kier alpha value is -0.960. The first kappa shape index (κ1) is 17.4. The number of nitrogens with zero attached hydrogens (tertiary/aromatic N) is 1. The van der Waals surface area contributed by atoms with Gasteiger partial charge in [-0.05, 0) is 31.9 Å². The molecule has 22 heavy (non-hydrogen) atoms. The van der Waals surface area contributed by atoms with Crippen molar-refractivity contribution >= 4 is 19.9 Å². The van der Waals surface area contributed by atoms with Gasteiger partial charge in [-0.2, -0.15) is 4.31 Å². The Morgan fingerprint density at radius 1 is 1.14 bits per heavy atom. The number of sulfonamides is 1. The third-order valence-electron chi connectivity index (χ3n) is 3.94. The zero-order chi connectivity index (χ0) is 16.5. The molecule has 1 saturated heterocycles. The van der Waals surface area contributed by atoms with Crippen LogP contribution < -0.4 is 5.73 Å². The Morgan fingerprint density at radius 3 is 2.27 bits per heavy atom. The first-order chi connectivity index (χ1) is 10.2. The Balaban J connectivity index is 2.56. The van der Waals surface area contributed by atoms with Gasteiger partial charge < -0.3 is 5.73 Å². The smallest absolute Gasteiger partial charge is 0.244 e. The summed E-state index contributed by atoms with van der Waals surface area (Å²) in [6.07, 6.45) is 3.38. The maximum atomic E-state index is 13.0. The lowest BCUT2D eigenvalue weighted by Gasteiger charge is -2.37. The number of hydrogen-bond donors (Lipinski definition) is 1. The SMILES string of the molecule is C[C@@H](N)[C@H]1CCCCN1S(=O)(=O)c1ccccc1S(C)(=O)=O. The van der Waals surface area contributed by atoms with Crippen molar-refractivity contribution < 1.29 is 16.8 Å². The molecule has 0 radical (unpaired) electrons. The van der Waals surface area contributed by atoms with Gasteiger partial charge in [0.15, 0.2) is 9.84 Å². The molecular formula is C14H22N2O4S2. The molecule has 1 fully saturated rings. The van der Waals surface area contributed by atoms with E-state index in [2.05, 4.69) is 0 Å². The molecule has 0 saturated carbocycles. The number of piperidine rings is 1. The van der Waals surface area contributed by atoms with Crippen molar-refractivity contribution in [2.75, 3.05) is 12.8 Å². The summed E-state index contributed by atoms with van der Waals surface area (Å²) < 4.78 is 51.1. The summed E-state index contributed by atoms with van der Waals surface area (Å²) >= 11 is 0. The van der Waals surface area contributed by atoms with Gasteiger partial charge in [0.2, 0.25) is 10.0 Å². The third-order valence-corrected chi connectivity index (χ3v) is 7.21. The average Bonchev–Trinajstić information content (AvgIpc) is 2.46. The van der Waals surface area contributed by atoms with E-state index in [9.17, 15) is 16.8 Å². The van der Waals surface area contributed by atoms with Crippen molar-refractivity contribution in [3.05, 3.63) is 24.3 Å². The number of hydrogen-bond acceptors (Lipinski definition) is 5. The minimum absolute atomic E-state index is 0.162. The molecule has 1 aliphatic heterocycles. The van der Waals surface area contributed by atoms with Crippen LogP contribution in [0.3, 0.4) is 0 Å². The fraction of sp³-hybridized carbons (Fsp3) is 0.571. The van der Waals surface area contributed by atoms with Gasteiger partial charge >= 0.3 is 0 Å². The van der Waals surface area contributed by atoms with Crippen LogP contribution in [-0.4, -0.2) is 46.0 Å². The van der Waals surface area contributed by atoms with Gasteiger partial charge in [-0.15, -0.1) is 0 Å². The summed E-state index contributed by atoms with van der Waals surface area (Å²) in [7, 11) is -7.53. The van der Waals surface area contributed by atoms with Crippen LogP contribution in [0.15, 0.2) is 34.1 Å². The summed E-state index contributed by atoms with van der Waals surface area (Å²) in [5, 5.41) is 0. The van der Waals surface area contributed by atoms with Crippen LogP contribution in [0, 0.1) is 0 Å². The largest absolute Gasteiger partial charge is 0.326 e. The number of benzene rings is 1. The molecule has 0 bridgehead atoms. The minimum Gasteiger partial charge on any atom is -0.326 e. The molecule has 1 aliphatic rings. The maximum Gasteiger partial charge on any atom is 0.244 e. The highest BCUT2D eigenvalue weighted by molar-refractivity contribution is 7.93. The van der Waals surface area contributed by atoms with Gasteiger partial charge in [0.05, 0.1) is 4.90 Å². The molecule has 2 atom stereocenters. The minimum atomic E-state index is -3.90. The second kappa shape index (κ2) is 6.27. The van der Waals surface area contributed by atoms with E-state index in [-0.39, 0.29) is 21.9 Å². The monoisotopic (exact) mass is 346 g/mol. The topological polar surface area (TPSA) is 97.5 Å². The third kappa shape index (κ3) is 3.34. The molecule has 1 aromatic rings. The first-order valence-corrected chi connectivity index (χ1v) is 10.6. The summed E-state index contributed by atoms with van der Waals surface area (Å²) in [6.45, 7) is 2.15. The Bertz CT molecular complexity index is 742. The highest BCUT2D eigenvalue weighted by Gasteiger charge is 2.37. The van der Waals surface area contributed by atoms with Crippen molar-refractivity contribution in [1.29, 1.82) is 0 Å². The molecule has 0 unspecified atom stereocenters. The van der Waals surface area contributed by atoms with Gasteiger partial charge in [-0.25, -0.2) is 16.8 Å². The molecule has 2 rings (SSSR count). The van der Waals surface area contributed by atoms with E-state index in [4.69, 9.17) is 5.73 Å². The van der Waals surface area contributed by atoms with E-state index >= 15 is 0 Å². The van der Waals surface area contributed by atoms with Crippen molar-refractivity contribution in [2.45, 2.75) is 48.1 Å². The van der Waals surface area contributed by atoms with Crippen LogP contribution in [-0.2, 0) is 19.9 Å². The van der Waals surface area contributed by atoms with Gasteiger partial charge in [0.1, 0.15) is 4.90 Å². The Labute approximate surface area is 132 Å². The van der Waals surface area contributed by atoms with E-state index < -0.39 is 19.9 Å². The number of rotatable bonds is 4. The van der Waals surface area contributed by atoms with Crippen LogP contribution >= 0.6 is 0 Å². The summed E-state index contributed by atoms with van der Waals surface area (Å²) in [4.78, 5) is -0.325. The molecule has 8 heteroatoms. The van der Waals surface area contributed by atoms with Crippen molar-refractivity contribution in [1.82, 2.24) is 4.31 Å². The summed E-state index contributed by atoms with van der Waals surface area (Å²) in [5.41, 5.74) is 5.93. The molecule has 0 spiro atoms. The van der Waals surface area contributed by atoms with Crippen LogP contribution in [0.25, 0.3) is 0 Å². The van der Waals surface area contributed by atoms with Crippen molar-refractivity contribution in [3.63, 3.8) is 0 Å². The lowest BCUT2D eigenvalue weighted by atomic mass is 10.00. The standard InChI is InChI=1S/C14H22N2O4S2/c1-11(15)12-7-5-6-10-16(12)22(19,20)14-9-4-3-8-13(14)21(2,17)18/h3-4,8-9,11-12H,5-7,10,15H2,1-2H3/t11-,12-/m1/s1. The van der Waals surface area contributed by atoms with Crippen LogP contribution in [0.4, 0.5) is 0 Å². The van der Waals surface area contributed by atoms with Crippen molar-refractivity contribution in [3.8, 4) is 0 Å². The molecule has 6 nitrogen and oxygen atoms in total. The molecule has 124 valence electrons. The number of sulfone groups is 1. The zero-order valence-corrected chi connectivity index (χ0v) is 14.4. The van der Waals surface area contributed by atoms with Gasteiger partial charge in [-0.3, -0.25) is 0 Å². The lowest BCUT2D eigenvalue weighted by Crippen LogP contribution is -2.51. The highest BCUT2D eigenvalue weighted by atomic mass is 32.2. The molecular weight excluding hydrogens is 324 g/mol. The second-order valence-electron chi connectivity index (χ2n) is 5.76. The van der Waals surface area contributed by atoms with Gasteiger partial charge in [-0.1, -0.05) is 18.6 Å². The fourth-order valence-corrected chi connectivity index (χ4v) is 6.23. The summed E-state index contributed by atoms with van der Waals surface area (Å²) in [6, 6.07) is 5.12. The van der Waals surface area contributed by atoms with E-state index in [1.54, 1.807) is 6.92 Å². The lowest BCUT2D eigenvalue weighted by molar-refractivity contribution is 0.227. The predicted molar refractivity (Wildman–Crippen MR) is 84.7 cm³/mol. The average molecular weight is 346 g/mol. The van der Waals surface area contributed by atoms with E-state index in [1.165, 1.54) is 28.6 Å². The Kier molecular flexibility index (Phi) is 4.96. The summed E-state index contributed by atoms with van der Waals surface area (Å²) in [5.74, 6) is 0. The molecule has 0 aliphatic carbocycles. The molecule has 1 heterocycles. The first-order valence-electron chi connectivity index (χ1n) is 7.22. The fourth-order valence-electron chi connectivity index (χ4n) is 2.85. The van der Waals surface area contributed by atoms with Gasteiger partial charge in [0.25, 0.3) is 0 Å². The quantitative estimate of drug-likeness (QED) is 0.876. The normalized spacial score (nSPS) is 22.4. The number of nitrogens with two attached hydrogens (primary N) is 1. The van der Waals surface area contributed by atoms with E-state index in [0.29, 0.717) is 13.0 Å². The van der Waals surface area contributed by atoms with Crippen LogP contribution in [0.1, 0.15) is 26.2 Å². The molecule has 2 N–H and O–H groups in total. The molecule has 0 aromatic heterocycles. The highest BCUT2D eigenvalue weighted by Crippen LogP contribution is 2.30. The van der Waals surface area contributed by atoms with E-state index in [1.807, 2.05) is 0 Å². The second-order valence-corrected chi connectivity index (χ2v) is 9.60. The molecule has 1 aromatic carbocycles. The van der Waals surface area contributed by atoms with Crippen molar-refractivity contribution in [2.24, 2.45) is 5.73 Å². The predicted octanol–water partition coefficient (Wildman–Crippen LogP) is 0.980. The zero-order valence-electron chi connectivity index (χ0n) is 12.8. The van der Waals surface area contributed by atoms with Crippen LogP contribution in [0.2, 0.25) is 0 Å². The van der Waals surface area contributed by atoms with Gasteiger partial charge in [0, 0.05) is 24.9 Å². The maximum absolute atomic E-state index is 13.0. The molecule has 0 amide bonds.